The number of nitrogens with zero attached hydrogens (tertiary/aromatic N) is 3. The highest BCUT2D eigenvalue weighted by atomic mass is 35.5. The minimum absolute atomic E-state index is 0.0448. The zero-order valence-corrected chi connectivity index (χ0v) is 10.9. The fourth-order valence-corrected chi connectivity index (χ4v) is 1.65. The summed E-state index contributed by atoms with van der Waals surface area (Å²) in [6.45, 7) is 3.74. The summed E-state index contributed by atoms with van der Waals surface area (Å²) in [5.41, 5.74) is 0.0175. The van der Waals surface area contributed by atoms with E-state index in [-0.39, 0.29) is 22.5 Å². The largest absolute Gasteiger partial charge is 0.393 e. The molecule has 0 aliphatic heterocycles. The topological polar surface area (TPSA) is 101 Å². The first kappa shape index (κ1) is 14.6. The van der Waals surface area contributed by atoms with Crippen LogP contribution in [0.3, 0.4) is 0 Å². The number of hydrogen-bond donors (Lipinski definition) is 2. The van der Waals surface area contributed by atoms with Gasteiger partial charge in [0.15, 0.2) is 0 Å². The van der Waals surface area contributed by atoms with Crippen molar-refractivity contribution in [1.82, 2.24) is 9.97 Å². The summed E-state index contributed by atoms with van der Waals surface area (Å²) >= 11 is 5.66. The van der Waals surface area contributed by atoms with Gasteiger partial charge in [-0.05, 0) is 31.4 Å². The molecule has 8 heteroatoms. The molecule has 7 nitrogen and oxygen atoms in total. The second-order valence-electron chi connectivity index (χ2n) is 3.81. The molecule has 100 valence electrons. The maximum atomic E-state index is 10.9. The van der Waals surface area contributed by atoms with Gasteiger partial charge in [0.1, 0.15) is 5.69 Å². The SMILES string of the molecule is CCC(O)CCNc1nc(Cl)nc(C)c1[N+](=O)[O-]. The molecule has 0 saturated heterocycles. The van der Waals surface area contributed by atoms with Gasteiger partial charge in [-0.1, -0.05) is 6.92 Å². The Morgan fingerprint density at radius 3 is 2.78 bits per heavy atom. The molecule has 0 fully saturated rings. The van der Waals surface area contributed by atoms with Crippen LogP contribution in [-0.2, 0) is 0 Å². The lowest BCUT2D eigenvalue weighted by Crippen LogP contribution is -2.14. The van der Waals surface area contributed by atoms with Gasteiger partial charge >= 0.3 is 5.69 Å². The van der Waals surface area contributed by atoms with Crippen molar-refractivity contribution in [2.45, 2.75) is 32.8 Å². The van der Waals surface area contributed by atoms with Crippen molar-refractivity contribution in [3.05, 3.63) is 21.1 Å². The normalized spacial score (nSPS) is 12.2. The van der Waals surface area contributed by atoms with Crippen LogP contribution in [0.4, 0.5) is 11.5 Å². The predicted molar refractivity (Wildman–Crippen MR) is 67.8 cm³/mol. The van der Waals surface area contributed by atoms with E-state index in [4.69, 9.17) is 11.6 Å². The van der Waals surface area contributed by atoms with Gasteiger partial charge in [-0.25, -0.2) is 4.98 Å². The summed E-state index contributed by atoms with van der Waals surface area (Å²) in [6.07, 6.45) is 0.678. The molecular weight excluding hydrogens is 260 g/mol. The second-order valence-corrected chi connectivity index (χ2v) is 4.15. The highest BCUT2D eigenvalue weighted by Crippen LogP contribution is 2.26. The van der Waals surface area contributed by atoms with Gasteiger partial charge in [0.25, 0.3) is 0 Å². The number of hydrogen-bond acceptors (Lipinski definition) is 6. The van der Waals surface area contributed by atoms with Crippen LogP contribution in [-0.4, -0.2) is 32.6 Å². The van der Waals surface area contributed by atoms with Crippen LogP contribution >= 0.6 is 11.6 Å². The van der Waals surface area contributed by atoms with Gasteiger partial charge in [0.2, 0.25) is 11.1 Å². The van der Waals surface area contributed by atoms with E-state index in [2.05, 4.69) is 15.3 Å². The first-order valence-corrected chi connectivity index (χ1v) is 5.94. The molecule has 1 rings (SSSR count). The molecule has 0 aromatic carbocycles. The molecule has 0 aliphatic rings. The van der Waals surface area contributed by atoms with E-state index in [9.17, 15) is 15.2 Å². The number of aryl methyl sites for hydroxylation is 1. The van der Waals surface area contributed by atoms with Crippen LogP contribution in [0.5, 0.6) is 0 Å². The van der Waals surface area contributed by atoms with E-state index in [1.807, 2.05) is 6.92 Å². The molecule has 18 heavy (non-hydrogen) atoms. The van der Waals surface area contributed by atoms with Crippen LogP contribution in [0.25, 0.3) is 0 Å². The van der Waals surface area contributed by atoms with E-state index < -0.39 is 11.0 Å². The summed E-state index contributed by atoms with van der Waals surface area (Å²) in [7, 11) is 0. The molecule has 0 amide bonds. The van der Waals surface area contributed by atoms with Crippen molar-refractivity contribution in [3.8, 4) is 0 Å². The number of nitrogens with one attached hydrogen (secondary N) is 1. The van der Waals surface area contributed by atoms with Crippen molar-refractivity contribution >= 4 is 23.1 Å². The fourth-order valence-electron chi connectivity index (χ4n) is 1.44. The maximum absolute atomic E-state index is 10.9. The minimum Gasteiger partial charge on any atom is -0.393 e. The lowest BCUT2D eigenvalue weighted by atomic mass is 10.2. The third kappa shape index (κ3) is 3.78. The molecule has 1 unspecified atom stereocenters. The number of aromatic nitrogens is 2. The number of rotatable bonds is 6. The van der Waals surface area contributed by atoms with E-state index in [1.54, 1.807) is 0 Å². The van der Waals surface area contributed by atoms with Crippen LogP contribution in [0.1, 0.15) is 25.5 Å². The number of anilines is 1. The summed E-state index contributed by atoms with van der Waals surface area (Å²) in [5.74, 6) is 0.0841. The third-order valence-corrected chi connectivity index (χ3v) is 2.62. The number of halogens is 1. The first-order chi connectivity index (χ1) is 8.45. The quantitative estimate of drug-likeness (QED) is 0.467. The Kier molecular flexibility index (Phi) is 5.24. The highest BCUT2D eigenvalue weighted by Gasteiger charge is 2.21. The van der Waals surface area contributed by atoms with Gasteiger partial charge < -0.3 is 10.4 Å². The Hall–Kier alpha value is -1.47. The fraction of sp³-hybridized carbons (Fsp3) is 0.600. The number of aliphatic hydroxyl groups excluding tert-OH is 1. The maximum Gasteiger partial charge on any atom is 0.332 e. The molecule has 1 aromatic rings. The Bertz CT molecular complexity index is 441. The molecule has 0 bridgehead atoms. The van der Waals surface area contributed by atoms with Crippen molar-refractivity contribution in [3.63, 3.8) is 0 Å². The minimum atomic E-state index is -0.551. The lowest BCUT2D eigenvalue weighted by Gasteiger charge is -2.10. The molecule has 1 heterocycles. The molecule has 2 N–H and O–H groups in total. The van der Waals surface area contributed by atoms with Crippen LogP contribution in [0.15, 0.2) is 0 Å². The van der Waals surface area contributed by atoms with Crippen LogP contribution in [0.2, 0.25) is 5.28 Å². The molecule has 1 atom stereocenters. The van der Waals surface area contributed by atoms with Crippen molar-refractivity contribution < 1.29 is 10.0 Å². The predicted octanol–water partition coefficient (Wildman–Crippen LogP) is 1.92. The zero-order chi connectivity index (χ0) is 13.7. The lowest BCUT2D eigenvalue weighted by molar-refractivity contribution is -0.385. The summed E-state index contributed by atoms with van der Waals surface area (Å²) in [6, 6.07) is 0. The van der Waals surface area contributed by atoms with E-state index in [1.165, 1.54) is 6.92 Å². The molecular formula is C10H15ClN4O3. The van der Waals surface area contributed by atoms with E-state index in [0.717, 1.165) is 0 Å². The van der Waals surface area contributed by atoms with Crippen LogP contribution < -0.4 is 5.32 Å². The van der Waals surface area contributed by atoms with Gasteiger partial charge in [-0.3, -0.25) is 10.1 Å². The van der Waals surface area contributed by atoms with E-state index in [0.29, 0.717) is 19.4 Å². The molecule has 0 spiro atoms. The van der Waals surface area contributed by atoms with E-state index >= 15 is 0 Å². The Balaban J connectivity index is 2.83. The monoisotopic (exact) mass is 274 g/mol. The summed E-state index contributed by atoms with van der Waals surface area (Å²) < 4.78 is 0. The Morgan fingerprint density at radius 2 is 2.22 bits per heavy atom. The summed E-state index contributed by atoms with van der Waals surface area (Å²) in [5, 5.41) is 23.1. The van der Waals surface area contributed by atoms with Gasteiger partial charge in [-0.15, -0.1) is 0 Å². The second kappa shape index (κ2) is 6.46. The average molecular weight is 275 g/mol. The average Bonchev–Trinajstić information content (AvgIpc) is 2.27. The summed E-state index contributed by atoms with van der Waals surface area (Å²) in [4.78, 5) is 17.9. The van der Waals surface area contributed by atoms with Gasteiger partial charge in [-0.2, -0.15) is 4.98 Å². The smallest absolute Gasteiger partial charge is 0.332 e. The molecule has 0 radical (unpaired) electrons. The zero-order valence-electron chi connectivity index (χ0n) is 10.2. The van der Waals surface area contributed by atoms with Gasteiger partial charge in [0.05, 0.1) is 11.0 Å². The number of aliphatic hydroxyl groups is 1. The van der Waals surface area contributed by atoms with Crippen molar-refractivity contribution in [2.75, 3.05) is 11.9 Å². The third-order valence-electron chi connectivity index (χ3n) is 2.45. The first-order valence-electron chi connectivity index (χ1n) is 5.56. The molecule has 1 aromatic heterocycles. The van der Waals surface area contributed by atoms with Crippen molar-refractivity contribution in [1.29, 1.82) is 0 Å². The number of nitro groups is 1. The van der Waals surface area contributed by atoms with Gasteiger partial charge in [0, 0.05) is 6.54 Å². The molecule has 0 saturated carbocycles. The van der Waals surface area contributed by atoms with Crippen LogP contribution in [0, 0.1) is 17.0 Å². The molecule has 0 aliphatic carbocycles. The highest BCUT2D eigenvalue weighted by molar-refractivity contribution is 6.28. The Labute approximate surface area is 109 Å². The Morgan fingerprint density at radius 1 is 1.56 bits per heavy atom. The van der Waals surface area contributed by atoms with Crippen molar-refractivity contribution in [2.24, 2.45) is 0 Å². The standard InChI is InChI=1S/C10H15ClN4O3/c1-3-7(16)4-5-12-9-8(15(17)18)6(2)13-10(11)14-9/h7,16H,3-5H2,1-2H3,(H,12,13,14).